The van der Waals surface area contributed by atoms with Crippen LogP contribution in [0.25, 0.3) is 0 Å². The van der Waals surface area contributed by atoms with Gasteiger partial charge in [-0.05, 0) is 44.9 Å². The van der Waals surface area contributed by atoms with Gasteiger partial charge in [-0.15, -0.1) is 0 Å². The predicted octanol–water partition coefficient (Wildman–Crippen LogP) is 2.39. The molecule has 0 bridgehead atoms. The number of nitrogens with zero attached hydrogens (tertiary/aromatic N) is 1. The van der Waals surface area contributed by atoms with Gasteiger partial charge in [-0.1, -0.05) is 18.2 Å². The maximum atomic E-state index is 11.3. The first kappa shape index (κ1) is 13.9. The van der Waals surface area contributed by atoms with Gasteiger partial charge in [-0.25, -0.2) is 0 Å². The lowest BCUT2D eigenvalue weighted by Crippen LogP contribution is -2.48. The zero-order valence-electron chi connectivity index (χ0n) is 11.3. The van der Waals surface area contributed by atoms with E-state index in [1.165, 1.54) is 0 Å². The molecule has 0 saturated carbocycles. The predicted molar refractivity (Wildman–Crippen MR) is 73.4 cm³/mol. The molecule has 104 valence electrons. The number of rotatable bonds is 6. The number of carboxylic acids is 1. The smallest absolute Gasteiger partial charge is 0.323 e. The Morgan fingerprint density at radius 2 is 2.16 bits per heavy atom. The topological polar surface area (TPSA) is 49.8 Å². The standard InChI is InChI=1S/C15H21NO3/c1-15(14(17)18)9-5-10-16(15)11-6-12-19-13-7-3-2-4-8-13/h2-4,7-8H,5-6,9-12H2,1H3,(H,17,18). The lowest BCUT2D eigenvalue weighted by atomic mass is 9.99. The second kappa shape index (κ2) is 6.06. The molecule has 4 heteroatoms. The maximum Gasteiger partial charge on any atom is 0.323 e. The number of hydrogen-bond acceptors (Lipinski definition) is 3. The van der Waals surface area contributed by atoms with Crippen LogP contribution in [0.1, 0.15) is 26.2 Å². The average molecular weight is 263 g/mol. The summed E-state index contributed by atoms with van der Waals surface area (Å²) in [5.41, 5.74) is -0.688. The molecule has 1 atom stereocenters. The van der Waals surface area contributed by atoms with Gasteiger partial charge in [0.05, 0.1) is 6.61 Å². The molecule has 2 rings (SSSR count). The molecule has 4 nitrogen and oxygen atoms in total. The molecular weight excluding hydrogens is 242 g/mol. The molecule has 1 aromatic rings. The first-order chi connectivity index (χ1) is 9.13. The Morgan fingerprint density at radius 1 is 1.42 bits per heavy atom. The van der Waals surface area contributed by atoms with E-state index in [0.29, 0.717) is 6.61 Å². The summed E-state index contributed by atoms with van der Waals surface area (Å²) in [5.74, 6) is 0.152. The molecule has 0 spiro atoms. The van der Waals surface area contributed by atoms with Crippen molar-refractivity contribution in [2.24, 2.45) is 0 Å². The first-order valence-corrected chi connectivity index (χ1v) is 6.79. The normalized spacial score (nSPS) is 23.4. The van der Waals surface area contributed by atoms with Crippen molar-refractivity contribution in [3.8, 4) is 5.75 Å². The highest BCUT2D eigenvalue weighted by molar-refractivity contribution is 5.78. The van der Waals surface area contributed by atoms with Crippen LogP contribution in [0.2, 0.25) is 0 Å². The Balaban J connectivity index is 1.75. The van der Waals surface area contributed by atoms with Gasteiger partial charge < -0.3 is 9.84 Å². The fourth-order valence-corrected chi connectivity index (χ4v) is 2.58. The van der Waals surface area contributed by atoms with Crippen LogP contribution >= 0.6 is 0 Å². The van der Waals surface area contributed by atoms with Gasteiger partial charge >= 0.3 is 5.97 Å². The van der Waals surface area contributed by atoms with Gasteiger partial charge in [0.1, 0.15) is 11.3 Å². The minimum atomic E-state index is -0.714. The molecule has 0 aliphatic carbocycles. The molecule has 0 aromatic heterocycles. The number of carbonyl (C=O) groups is 1. The van der Waals surface area contributed by atoms with Crippen LogP contribution in [-0.4, -0.2) is 41.2 Å². The molecule has 0 radical (unpaired) electrons. The number of benzene rings is 1. The number of aliphatic carboxylic acids is 1. The Bertz CT molecular complexity index is 421. The molecular formula is C15H21NO3. The Kier molecular flexibility index (Phi) is 4.43. The SMILES string of the molecule is CC1(C(=O)O)CCCN1CCCOc1ccccc1. The molecule has 1 saturated heterocycles. The zero-order valence-corrected chi connectivity index (χ0v) is 11.3. The first-order valence-electron chi connectivity index (χ1n) is 6.79. The molecule has 1 aromatic carbocycles. The van der Waals surface area contributed by atoms with Crippen molar-refractivity contribution in [3.05, 3.63) is 30.3 Å². The van der Waals surface area contributed by atoms with Gasteiger partial charge in [0.2, 0.25) is 0 Å². The van der Waals surface area contributed by atoms with Crippen molar-refractivity contribution < 1.29 is 14.6 Å². The number of ether oxygens (including phenoxy) is 1. The van der Waals surface area contributed by atoms with E-state index < -0.39 is 11.5 Å². The van der Waals surface area contributed by atoms with Crippen LogP contribution in [0.4, 0.5) is 0 Å². The molecule has 1 aliphatic heterocycles. The van der Waals surface area contributed by atoms with E-state index in [0.717, 1.165) is 38.1 Å². The van der Waals surface area contributed by atoms with E-state index in [1.54, 1.807) is 0 Å². The Labute approximate surface area is 114 Å². The number of hydrogen-bond donors (Lipinski definition) is 1. The highest BCUT2D eigenvalue weighted by atomic mass is 16.5. The van der Waals surface area contributed by atoms with Crippen molar-refractivity contribution in [3.63, 3.8) is 0 Å². The average Bonchev–Trinajstić information content (AvgIpc) is 2.79. The maximum absolute atomic E-state index is 11.3. The van der Waals surface area contributed by atoms with Gasteiger partial charge in [-0.2, -0.15) is 0 Å². The van der Waals surface area contributed by atoms with Crippen molar-refractivity contribution in [1.29, 1.82) is 0 Å². The van der Waals surface area contributed by atoms with E-state index in [9.17, 15) is 9.90 Å². The second-order valence-corrected chi connectivity index (χ2v) is 5.18. The van der Waals surface area contributed by atoms with Crippen molar-refractivity contribution >= 4 is 5.97 Å². The summed E-state index contributed by atoms with van der Waals surface area (Å²) in [7, 11) is 0. The summed E-state index contributed by atoms with van der Waals surface area (Å²) in [6.07, 6.45) is 2.54. The number of carboxylic acid groups (broad SMARTS) is 1. The third-order valence-electron chi connectivity index (χ3n) is 3.83. The van der Waals surface area contributed by atoms with Gasteiger partial charge in [0.25, 0.3) is 0 Å². The lowest BCUT2D eigenvalue weighted by molar-refractivity contribution is -0.148. The third-order valence-corrected chi connectivity index (χ3v) is 3.83. The quantitative estimate of drug-likeness (QED) is 0.801. The van der Waals surface area contributed by atoms with Gasteiger partial charge in [-0.3, -0.25) is 9.69 Å². The second-order valence-electron chi connectivity index (χ2n) is 5.18. The highest BCUT2D eigenvalue weighted by Gasteiger charge is 2.42. The molecule has 1 aliphatic rings. The van der Waals surface area contributed by atoms with Crippen LogP contribution in [0, 0.1) is 0 Å². The Morgan fingerprint density at radius 3 is 2.84 bits per heavy atom. The van der Waals surface area contributed by atoms with Crippen LogP contribution in [0.3, 0.4) is 0 Å². The fourth-order valence-electron chi connectivity index (χ4n) is 2.58. The van der Waals surface area contributed by atoms with E-state index in [2.05, 4.69) is 4.90 Å². The monoisotopic (exact) mass is 263 g/mol. The van der Waals surface area contributed by atoms with Crippen LogP contribution in [0.5, 0.6) is 5.75 Å². The van der Waals surface area contributed by atoms with Crippen LogP contribution in [0.15, 0.2) is 30.3 Å². The number of likely N-dealkylation sites (tertiary alicyclic amines) is 1. The fraction of sp³-hybridized carbons (Fsp3) is 0.533. The van der Waals surface area contributed by atoms with Gasteiger partial charge in [0, 0.05) is 6.54 Å². The minimum Gasteiger partial charge on any atom is -0.494 e. The molecule has 1 unspecified atom stereocenters. The Hall–Kier alpha value is -1.55. The van der Waals surface area contributed by atoms with Crippen molar-refractivity contribution in [2.75, 3.05) is 19.7 Å². The van der Waals surface area contributed by atoms with Crippen molar-refractivity contribution in [2.45, 2.75) is 31.7 Å². The summed E-state index contributed by atoms with van der Waals surface area (Å²) in [4.78, 5) is 13.4. The molecule has 19 heavy (non-hydrogen) atoms. The summed E-state index contributed by atoms with van der Waals surface area (Å²) >= 11 is 0. The zero-order chi connectivity index (χ0) is 13.7. The largest absolute Gasteiger partial charge is 0.494 e. The van der Waals surface area contributed by atoms with Gasteiger partial charge in [0.15, 0.2) is 0 Å². The summed E-state index contributed by atoms with van der Waals surface area (Å²) in [5, 5.41) is 9.30. The summed E-state index contributed by atoms with van der Waals surface area (Å²) < 4.78 is 5.62. The number of para-hydroxylation sites is 1. The van der Waals surface area contributed by atoms with E-state index in [4.69, 9.17) is 4.74 Å². The minimum absolute atomic E-state index is 0.621. The van der Waals surface area contributed by atoms with Crippen molar-refractivity contribution in [1.82, 2.24) is 4.90 Å². The molecule has 1 fully saturated rings. The summed E-state index contributed by atoms with van der Waals surface area (Å²) in [6.45, 7) is 4.08. The molecule has 0 amide bonds. The van der Waals surface area contributed by atoms with E-state index in [1.807, 2.05) is 37.3 Å². The highest BCUT2D eigenvalue weighted by Crippen LogP contribution is 2.29. The van der Waals surface area contributed by atoms with Crippen LogP contribution in [-0.2, 0) is 4.79 Å². The summed E-state index contributed by atoms with van der Waals surface area (Å²) in [6, 6.07) is 9.69. The van der Waals surface area contributed by atoms with E-state index in [-0.39, 0.29) is 0 Å². The van der Waals surface area contributed by atoms with Crippen LogP contribution < -0.4 is 4.74 Å². The van der Waals surface area contributed by atoms with E-state index >= 15 is 0 Å². The third kappa shape index (κ3) is 3.26. The molecule has 1 heterocycles. The molecule has 1 N–H and O–H groups in total. The lowest BCUT2D eigenvalue weighted by Gasteiger charge is -2.30.